The number of hydrogen-bond donors (Lipinski definition) is 2. The number of ether oxygens (including phenoxy) is 2. The van der Waals surface area contributed by atoms with Gasteiger partial charge in [0.15, 0.2) is 0 Å². The first-order valence-corrected chi connectivity index (χ1v) is 9.53. The average Bonchev–Trinajstić information content (AvgIpc) is 2.68. The topological polar surface area (TPSA) is 66.1 Å². The smallest absolute Gasteiger partial charge is 0.321 e. The van der Waals surface area contributed by atoms with E-state index < -0.39 is 5.91 Å². The number of allylic oxidation sites excluding steroid dienone is 2. The highest BCUT2D eigenvalue weighted by Gasteiger charge is 2.38. The third-order valence-corrected chi connectivity index (χ3v) is 5.17. The van der Waals surface area contributed by atoms with Gasteiger partial charge in [0.1, 0.15) is 5.70 Å². The summed E-state index contributed by atoms with van der Waals surface area (Å²) in [4.78, 5) is 17.0. The van der Waals surface area contributed by atoms with Crippen LogP contribution < -0.4 is 15.5 Å². The van der Waals surface area contributed by atoms with Crippen molar-refractivity contribution in [1.29, 1.82) is 0 Å². The first-order valence-electron chi connectivity index (χ1n) is 9.53. The lowest BCUT2D eigenvalue weighted by atomic mass is 10.1. The zero-order chi connectivity index (χ0) is 20.3. The molecule has 0 unspecified atom stereocenters. The highest BCUT2D eigenvalue weighted by molar-refractivity contribution is 5.77. The quantitative estimate of drug-likeness (QED) is 0.779. The number of anilines is 1. The number of hydrogen-bond acceptors (Lipinski definition) is 5. The molecule has 1 aromatic carbocycles. The van der Waals surface area contributed by atoms with Gasteiger partial charge in [-0.1, -0.05) is 6.07 Å². The van der Waals surface area contributed by atoms with Crippen LogP contribution in [0.1, 0.15) is 18.1 Å². The molecule has 0 atom stereocenters. The molecule has 0 bridgehead atoms. The molecule has 0 radical (unpaired) electrons. The molecule has 2 heterocycles. The number of methoxy groups -OCH3 is 2. The summed E-state index contributed by atoms with van der Waals surface area (Å²) >= 11 is 0. The van der Waals surface area contributed by atoms with Crippen LogP contribution in [0, 0.1) is 13.8 Å². The predicted molar refractivity (Wildman–Crippen MR) is 110 cm³/mol. The van der Waals surface area contributed by atoms with Crippen LogP contribution >= 0.6 is 0 Å². The predicted octanol–water partition coefficient (Wildman–Crippen LogP) is 2.47. The van der Waals surface area contributed by atoms with E-state index in [4.69, 9.17) is 9.47 Å². The van der Waals surface area contributed by atoms with Crippen LogP contribution in [0.15, 0.2) is 41.7 Å². The van der Waals surface area contributed by atoms with Gasteiger partial charge in [0, 0.05) is 52.3 Å². The number of carbonyl (C=O) groups is 1. The molecule has 28 heavy (non-hydrogen) atoms. The number of dihydropyridines is 1. The molecule has 0 aliphatic carbocycles. The molecule has 0 saturated carbocycles. The first kappa shape index (κ1) is 20.2. The Morgan fingerprint density at radius 2 is 1.64 bits per heavy atom. The fourth-order valence-corrected chi connectivity index (χ4v) is 3.69. The van der Waals surface area contributed by atoms with E-state index in [-0.39, 0.29) is 6.03 Å². The summed E-state index contributed by atoms with van der Waals surface area (Å²) in [5.74, 6) is -1.18. The van der Waals surface area contributed by atoms with Gasteiger partial charge in [-0.3, -0.25) is 0 Å². The molecule has 2 aliphatic heterocycles. The molecule has 7 nitrogen and oxygen atoms in total. The van der Waals surface area contributed by atoms with Crippen molar-refractivity contribution >= 4 is 11.7 Å². The standard InChI is InChI=1S/C21H30N4O3/c1-15-10-16(2)12-18(11-15)24-6-8-25(9-7-24)20(26)23-19-13-17(3)14-22-21(19,27-4)28-5/h10-14,22H,6-9H2,1-5H3,(H,23,26). The summed E-state index contributed by atoms with van der Waals surface area (Å²) in [5.41, 5.74) is 5.24. The van der Waals surface area contributed by atoms with Gasteiger partial charge in [-0.2, -0.15) is 0 Å². The van der Waals surface area contributed by atoms with Crippen LogP contribution in [0.3, 0.4) is 0 Å². The molecule has 2 N–H and O–H groups in total. The van der Waals surface area contributed by atoms with Gasteiger partial charge < -0.3 is 29.9 Å². The van der Waals surface area contributed by atoms with Crippen molar-refractivity contribution in [2.24, 2.45) is 0 Å². The minimum absolute atomic E-state index is 0.152. The molecule has 1 saturated heterocycles. The van der Waals surface area contributed by atoms with E-state index in [1.807, 2.05) is 17.9 Å². The zero-order valence-electron chi connectivity index (χ0n) is 17.3. The number of rotatable bonds is 4. The van der Waals surface area contributed by atoms with Crippen molar-refractivity contribution in [2.45, 2.75) is 26.7 Å². The SMILES string of the molecule is COC1(OC)NC=C(C)C=C1NC(=O)N1CCN(c2cc(C)cc(C)c2)CC1. The lowest BCUT2D eigenvalue weighted by Gasteiger charge is -2.39. The lowest BCUT2D eigenvalue weighted by molar-refractivity contribution is -0.196. The molecule has 1 aromatic rings. The van der Waals surface area contributed by atoms with Gasteiger partial charge in [0.05, 0.1) is 0 Å². The number of carbonyl (C=O) groups excluding carboxylic acids is 1. The van der Waals surface area contributed by atoms with Crippen molar-refractivity contribution in [3.05, 3.63) is 52.9 Å². The Balaban J connectivity index is 1.64. The summed E-state index contributed by atoms with van der Waals surface area (Å²) in [6.07, 6.45) is 3.65. The van der Waals surface area contributed by atoms with E-state index in [1.165, 1.54) is 31.0 Å². The molecule has 0 spiro atoms. The van der Waals surface area contributed by atoms with Crippen LogP contribution in [0.5, 0.6) is 0 Å². The number of amides is 2. The second-order valence-electron chi connectivity index (χ2n) is 7.37. The number of piperazine rings is 1. The molecule has 152 valence electrons. The maximum absolute atomic E-state index is 12.8. The Morgan fingerprint density at radius 1 is 1.04 bits per heavy atom. The summed E-state index contributed by atoms with van der Waals surface area (Å²) in [6.45, 7) is 9.07. The van der Waals surface area contributed by atoms with Gasteiger partial charge >= 0.3 is 6.03 Å². The van der Waals surface area contributed by atoms with Gasteiger partial charge in [-0.05, 0) is 55.7 Å². The minimum atomic E-state index is -1.18. The third-order valence-electron chi connectivity index (χ3n) is 5.17. The summed E-state index contributed by atoms with van der Waals surface area (Å²) in [6, 6.07) is 6.42. The van der Waals surface area contributed by atoms with Crippen LogP contribution in [0.2, 0.25) is 0 Å². The second kappa shape index (κ2) is 8.24. The maximum atomic E-state index is 12.8. The molecule has 0 aromatic heterocycles. The van der Waals surface area contributed by atoms with Gasteiger partial charge in [-0.15, -0.1) is 0 Å². The molecular formula is C21H30N4O3. The Kier molecular flexibility index (Phi) is 5.96. The third kappa shape index (κ3) is 4.15. The van der Waals surface area contributed by atoms with E-state index >= 15 is 0 Å². The molecule has 7 heteroatoms. The minimum Gasteiger partial charge on any atom is -0.368 e. The Labute approximate surface area is 167 Å². The summed E-state index contributed by atoms with van der Waals surface area (Å²) < 4.78 is 11.0. The highest BCUT2D eigenvalue weighted by Crippen LogP contribution is 2.24. The van der Waals surface area contributed by atoms with Crippen LogP contribution in [0.4, 0.5) is 10.5 Å². The van der Waals surface area contributed by atoms with Crippen molar-refractivity contribution in [2.75, 3.05) is 45.3 Å². The van der Waals surface area contributed by atoms with Crippen molar-refractivity contribution in [3.8, 4) is 0 Å². The second-order valence-corrected chi connectivity index (χ2v) is 7.37. The Hall–Kier alpha value is -2.51. The number of urea groups is 1. The van der Waals surface area contributed by atoms with Crippen LogP contribution in [-0.2, 0) is 9.47 Å². The number of nitrogens with one attached hydrogen (secondary N) is 2. The molecule has 1 fully saturated rings. The van der Waals surface area contributed by atoms with Crippen molar-refractivity contribution in [1.82, 2.24) is 15.5 Å². The fraction of sp³-hybridized carbons (Fsp3) is 0.476. The largest absolute Gasteiger partial charge is 0.368 e. The number of benzene rings is 1. The molecule has 2 amide bonds. The Morgan fingerprint density at radius 3 is 2.21 bits per heavy atom. The molecule has 2 aliphatic rings. The van der Waals surface area contributed by atoms with E-state index in [9.17, 15) is 4.79 Å². The maximum Gasteiger partial charge on any atom is 0.321 e. The monoisotopic (exact) mass is 386 g/mol. The number of nitrogens with zero attached hydrogens (tertiary/aromatic N) is 2. The van der Waals surface area contributed by atoms with Crippen molar-refractivity contribution in [3.63, 3.8) is 0 Å². The summed E-state index contributed by atoms with van der Waals surface area (Å²) in [7, 11) is 3.07. The molecular weight excluding hydrogens is 356 g/mol. The normalized spacial score (nSPS) is 18.9. The molecule has 3 rings (SSSR count). The first-order chi connectivity index (χ1) is 13.4. The highest BCUT2D eigenvalue weighted by atomic mass is 16.7. The van der Waals surface area contributed by atoms with E-state index in [0.717, 1.165) is 18.7 Å². The van der Waals surface area contributed by atoms with E-state index in [1.54, 1.807) is 6.20 Å². The van der Waals surface area contributed by atoms with Gasteiger partial charge in [-0.25, -0.2) is 4.79 Å². The number of aryl methyl sites for hydroxylation is 2. The summed E-state index contributed by atoms with van der Waals surface area (Å²) in [5, 5.41) is 6.02. The zero-order valence-corrected chi connectivity index (χ0v) is 17.3. The van der Waals surface area contributed by atoms with Gasteiger partial charge in [0.2, 0.25) is 0 Å². The Bertz CT molecular complexity index is 771. The van der Waals surface area contributed by atoms with Crippen LogP contribution in [-0.4, -0.2) is 57.2 Å². The van der Waals surface area contributed by atoms with Crippen molar-refractivity contribution < 1.29 is 14.3 Å². The van der Waals surface area contributed by atoms with E-state index in [2.05, 4.69) is 47.6 Å². The van der Waals surface area contributed by atoms with E-state index in [0.29, 0.717) is 18.8 Å². The lowest BCUT2D eigenvalue weighted by Crippen LogP contribution is -2.57. The average molecular weight is 386 g/mol. The van der Waals surface area contributed by atoms with Gasteiger partial charge in [0.25, 0.3) is 5.91 Å². The van der Waals surface area contributed by atoms with Crippen LogP contribution in [0.25, 0.3) is 0 Å². The fourth-order valence-electron chi connectivity index (χ4n) is 3.69.